The van der Waals surface area contributed by atoms with E-state index < -0.39 is 0 Å². The van der Waals surface area contributed by atoms with Crippen molar-refractivity contribution < 1.29 is 19.1 Å². The lowest BCUT2D eigenvalue weighted by atomic mass is 9.75. The van der Waals surface area contributed by atoms with E-state index in [9.17, 15) is 14.4 Å². The molecule has 0 aliphatic carbocycles. The summed E-state index contributed by atoms with van der Waals surface area (Å²) in [6, 6.07) is -0.0416. The maximum absolute atomic E-state index is 12.4. The maximum Gasteiger partial charge on any atom is 0.319 e. The van der Waals surface area contributed by atoms with Crippen LogP contribution in [0.2, 0.25) is 0 Å². The molecule has 0 aromatic carbocycles. The summed E-state index contributed by atoms with van der Waals surface area (Å²) >= 11 is 0. The molecule has 2 atom stereocenters. The van der Waals surface area contributed by atoms with Gasteiger partial charge in [-0.05, 0) is 12.8 Å². The number of fused-ring (bicyclic) bond motifs is 2. The van der Waals surface area contributed by atoms with Gasteiger partial charge >= 0.3 is 6.03 Å². The summed E-state index contributed by atoms with van der Waals surface area (Å²) in [6.07, 6.45) is 1.47. The van der Waals surface area contributed by atoms with Gasteiger partial charge in [0.1, 0.15) is 6.61 Å². The Morgan fingerprint density at radius 3 is 2.50 bits per heavy atom. The number of piperidine rings is 1. The van der Waals surface area contributed by atoms with Crippen LogP contribution < -0.4 is 5.32 Å². The number of hydrogen-bond donors (Lipinski definition) is 1. The first kappa shape index (κ1) is 17.0. The highest BCUT2D eigenvalue weighted by Gasteiger charge is 2.58. The van der Waals surface area contributed by atoms with Gasteiger partial charge in [0, 0.05) is 58.8 Å². The molecule has 134 valence electrons. The quantitative estimate of drug-likeness (QED) is 0.726. The van der Waals surface area contributed by atoms with Gasteiger partial charge in [-0.25, -0.2) is 4.79 Å². The Kier molecular flexibility index (Phi) is 4.42. The van der Waals surface area contributed by atoms with Crippen LogP contribution in [0.15, 0.2) is 0 Å². The van der Waals surface area contributed by atoms with Crippen molar-refractivity contribution in [3.8, 4) is 0 Å². The van der Waals surface area contributed by atoms with Gasteiger partial charge in [0.2, 0.25) is 11.8 Å². The number of rotatable bonds is 2. The zero-order valence-electron chi connectivity index (χ0n) is 14.6. The Bertz CT molecular complexity index is 542. The molecule has 0 bridgehead atoms. The van der Waals surface area contributed by atoms with Crippen LogP contribution in [0.3, 0.4) is 0 Å². The second kappa shape index (κ2) is 6.23. The predicted octanol–water partition coefficient (Wildman–Crippen LogP) is -0.647. The minimum absolute atomic E-state index is 0.0101. The number of nitrogens with one attached hydrogen (secondary N) is 1. The van der Waals surface area contributed by atoms with Crippen LogP contribution in [0.1, 0.15) is 12.8 Å². The van der Waals surface area contributed by atoms with Crippen molar-refractivity contribution in [2.45, 2.75) is 18.4 Å². The number of nitrogens with zero attached hydrogens (tertiary/aromatic N) is 3. The van der Waals surface area contributed by atoms with E-state index >= 15 is 0 Å². The topological polar surface area (TPSA) is 82.2 Å². The molecule has 3 aliphatic heterocycles. The van der Waals surface area contributed by atoms with Crippen LogP contribution in [0.4, 0.5) is 4.79 Å². The monoisotopic (exact) mass is 338 g/mol. The average molecular weight is 338 g/mol. The third kappa shape index (κ3) is 2.72. The normalized spacial score (nSPS) is 28.0. The van der Waals surface area contributed by atoms with Gasteiger partial charge in [-0.1, -0.05) is 0 Å². The number of hydrogen-bond acceptors (Lipinski definition) is 4. The zero-order valence-corrected chi connectivity index (χ0v) is 14.6. The number of carbonyl (C=O) groups excluding carboxylic acids is 3. The number of urea groups is 1. The second-order valence-electron chi connectivity index (χ2n) is 7.25. The lowest BCUT2D eigenvalue weighted by Crippen LogP contribution is -2.57. The molecule has 8 nitrogen and oxygen atoms in total. The summed E-state index contributed by atoms with van der Waals surface area (Å²) in [7, 11) is 4.97. The lowest BCUT2D eigenvalue weighted by Gasteiger charge is -2.42. The summed E-state index contributed by atoms with van der Waals surface area (Å²) in [4.78, 5) is 41.7. The van der Waals surface area contributed by atoms with Gasteiger partial charge in [-0.3, -0.25) is 9.59 Å². The fourth-order valence-electron chi connectivity index (χ4n) is 4.36. The van der Waals surface area contributed by atoms with Crippen molar-refractivity contribution in [2.75, 3.05) is 54.0 Å². The fourth-order valence-corrected chi connectivity index (χ4v) is 4.36. The predicted molar refractivity (Wildman–Crippen MR) is 86.2 cm³/mol. The number of ether oxygens (including phenoxy) is 1. The largest absolute Gasteiger partial charge is 0.375 e. The van der Waals surface area contributed by atoms with Gasteiger partial charge in [0.25, 0.3) is 0 Å². The summed E-state index contributed by atoms with van der Waals surface area (Å²) in [5, 5.41) is 3.19. The SMILES string of the molecule is COCC(=O)N1CCC2(CC1)NC(=O)[C@H]1CN(C(=O)N(C)C)C[C@H]12. The molecule has 3 saturated heterocycles. The highest BCUT2D eigenvalue weighted by molar-refractivity contribution is 5.85. The third-order valence-electron chi connectivity index (χ3n) is 5.67. The molecule has 1 spiro atoms. The van der Waals surface area contributed by atoms with E-state index in [1.165, 1.54) is 7.11 Å². The molecule has 0 radical (unpaired) electrons. The first-order valence-electron chi connectivity index (χ1n) is 8.43. The molecule has 1 N–H and O–H groups in total. The average Bonchev–Trinajstić information content (AvgIpc) is 3.09. The number of methoxy groups -OCH3 is 1. The summed E-state index contributed by atoms with van der Waals surface area (Å²) in [6.45, 7) is 2.42. The Hall–Kier alpha value is -1.83. The minimum Gasteiger partial charge on any atom is -0.375 e. The Labute approximate surface area is 142 Å². The lowest BCUT2D eigenvalue weighted by molar-refractivity contribution is -0.137. The number of likely N-dealkylation sites (tertiary alicyclic amines) is 2. The van der Waals surface area contributed by atoms with E-state index in [0.717, 1.165) is 12.8 Å². The smallest absolute Gasteiger partial charge is 0.319 e. The van der Waals surface area contributed by atoms with E-state index in [4.69, 9.17) is 4.74 Å². The van der Waals surface area contributed by atoms with Crippen LogP contribution in [-0.4, -0.2) is 92.1 Å². The van der Waals surface area contributed by atoms with Crippen molar-refractivity contribution in [1.29, 1.82) is 0 Å². The van der Waals surface area contributed by atoms with Gasteiger partial charge < -0.3 is 24.8 Å². The molecule has 0 aromatic heterocycles. The number of amides is 4. The summed E-state index contributed by atoms with van der Waals surface area (Å²) in [5.74, 6) is 0.0403. The Balaban J connectivity index is 1.69. The fraction of sp³-hybridized carbons (Fsp3) is 0.812. The summed E-state index contributed by atoms with van der Waals surface area (Å²) < 4.78 is 4.91. The molecular weight excluding hydrogens is 312 g/mol. The van der Waals surface area contributed by atoms with E-state index in [1.807, 2.05) is 0 Å². The van der Waals surface area contributed by atoms with Gasteiger partial charge in [-0.2, -0.15) is 0 Å². The van der Waals surface area contributed by atoms with Crippen molar-refractivity contribution in [1.82, 2.24) is 20.0 Å². The van der Waals surface area contributed by atoms with Crippen LogP contribution in [0.5, 0.6) is 0 Å². The van der Waals surface area contributed by atoms with Gasteiger partial charge in [-0.15, -0.1) is 0 Å². The van der Waals surface area contributed by atoms with Crippen molar-refractivity contribution in [3.63, 3.8) is 0 Å². The Morgan fingerprint density at radius 1 is 1.25 bits per heavy atom. The first-order chi connectivity index (χ1) is 11.4. The van der Waals surface area contributed by atoms with E-state index in [2.05, 4.69) is 5.32 Å². The molecule has 0 saturated carbocycles. The van der Waals surface area contributed by atoms with E-state index in [-0.39, 0.29) is 41.8 Å². The van der Waals surface area contributed by atoms with Crippen LogP contribution in [0.25, 0.3) is 0 Å². The van der Waals surface area contributed by atoms with Crippen LogP contribution in [-0.2, 0) is 14.3 Å². The third-order valence-corrected chi connectivity index (χ3v) is 5.67. The zero-order chi connectivity index (χ0) is 17.5. The number of carbonyl (C=O) groups is 3. The van der Waals surface area contributed by atoms with Gasteiger partial charge in [0.05, 0.1) is 5.92 Å². The molecule has 3 heterocycles. The van der Waals surface area contributed by atoms with Crippen molar-refractivity contribution >= 4 is 17.8 Å². The highest BCUT2D eigenvalue weighted by Crippen LogP contribution is 2.44. The van der Waals surface area contributed by atoms with E-state index in [0.29, 0.717) is 26.2 Å². The van der Waals surface area contributed by atoms with Crippen LogP contribution >= 0.6 is 0 Å². The minimum atomic E-state index is -0.285. The molecule has 0 aromatic rings. The molecule has 8 heteroatoms. The second-order valence-corrected chi connectivity index (χ2v) is 7.25. The summed E-state index contributed by atoms with van der Waals surface area (Å²) in [5.41, 5.74) is -0.285. The van der Waals surface area contributed by atoms with Gasteiger partial charge in [0.15, 0.2) is 0 Å². The molecule has 0 unspecified atom stereocenters. The Morgan fingerprint density at radius 2 is 1.92 bits per heavy atom. The molecular formula is C16H26N4O4. The molecule has 3 aliphatic rings. The van der Waals surface area contributed by atoms with Crippen molar-refractivity contribution in [3.05, 3.63) is 0 Å². The standard InChI is InChI=1S/C16H26N4O4/c1-18(2)15(23)20-8-11-12(9-20)16(17-14(11)22)4-6-19(7-5-16)13(21)10-24-3/h11-12H,4-10H2,1-3H3,(H,17,22)/t11-,12+/m0/s1. The molecule has 3 fully saturated rings. The van der Waals surface area contributed by atoms with Crippen LogP contribution in [0, 0.1) is 11.8 Å². The molecule has 4 amide bonds. The first-order valence-corrected chi connectivity index (χ1v) is 8.43. The molecule has 3 rings (SSSR count). The molecule has 24 heavy (non-hydrogen) atoms. The van der Waals surface area contributed by atoms with E-state index in [1.54, 1.807) is 28.8 Å². The van der Waals surface area contributed by atoms with Crippen molar-refractivity contribution in [2.24, 2.45) is 11.8 Å². The maximum atomic E-state index is 12.4. The highest BCUT2D eigenvalue weighted by atomic mass is 16.5.